The number of halogens is 2. The minimum absolute atomic E-state index is 0.491. The van der Waals surface area contributed by atoms with Crippen molar-refractivity contribution in [2.24, 2.45) is 0 Å². The first kappa shape index (κ1) is 14.0. The molecule has 5 heteroatoms. The van der Waals surface area contributed by atoms with Crippen LogP contribution in [0.4, 0.5) is 0 Å². The Morgan fingerprint density at radius 2 is 2.00 bits per heavy atom. The third-order valence-electron chi connectivity index (χ3n) is 3.84. The molecule has 0 saturated heterocycles. The number of pyridine rings is 1. The molecule has 1 aliphatic rings. The zero-order chi connectivity index (χ0) is 14.1. The molecule has 0 amide bonds. The molecule has 3 nitrogen and oxygen atoms in total. The first-order valence-corrected chi connectivity index (χ1v) is 7.98. The lowest BCUT2D eigenvalue weighted by Crippen LogP contribution is -2.03. The van der Waals surface area contributed by atoms with Gasteiger partial charge in [-0.25, -0.2) is 9.97 Å². The van der Waals surface area contributed by atoms with Gasteiger partial charge in [0.05, 0.1) is 10.2 Å². The molecule has 0 N–H and O–H groups in total. The van der Waals surface area contributed by atoms with Crippen molar-refractivity contribution < 1.29 is 0 Å². The Morgan fingerprint density at radius 1 is 1.25 bits per heavy atom. The average Bonchev–Trinajstić information content (AvgIpc) is 2.96. The third kappa shape index (κ3) is 2.59. The summed E-state index contributed by atoms with van der Waals surface area (Å²) < 4.78 is 0.849. The fourth-order valence-electron chi connectivity index (χ4n) is 2.75. The molecular formula is C15H15BrClN3. The number of hydrogen-bond acceptors (Lipinski definition) is 3. The molecule has 0 bridgehead atoms. The van der Waals surface area contributed by atoms with Crippen LogP contribution >= 0.6 is 27.5 Å². The summed E-state index contributed by atoms with van der Waals surface area (Å²) in [6.07, 6.45) is 8.48. The molecule has 1 fully saturated rings. The Kier molecular flexibility index (Phi) is 4.03. The monoisotopic (exact) mass is 351 g/mol. The maximum Gasteiger partial charge on any atom is 0.161 e. The molecule has 20 heavy (non-hydrogen) atoms. The Balaban J connectivity index is 2.11. The van der Waals surface area contributed by atoms with Crippen molar-refractivity contribution in [2.45, 2.75) is 38.5 Å². The highest BCUT2D eigenvalue weighted by Crippen LogP contribution is 2.39. The molecule has 3 rings (SSSR count). The van der Waals surface area contributed by atoms with Crippen LogP contribution in [0.2, 0.25) is 5.15 Å². The molecular weight excluding hydrogens is 338 g/mol. The summed E-state index contributed by atoms with van der Waals surface area (Å²) in [5, 5.41) is 0.494. The quantitative estimate of drug-likeness (QED) is 0.720. The lowest BCUT2D eigenvalue weighted by Gasteiger charge is -2.14. The van der Waals surface area contributed by atoms with Crippen LogP contribution in [0.25, 0.3) is 11.4 Å². The van der Waals surface area contributed by atoms with Crippen molar-refractivity contribution in [3.63, 3.8) is 0 Å². The molecule has 0 radical (unpaired) electrons. The minimum Gasteiger partial charge on any atom is -0.264 e. The summed E-state index contributed by atoms with van der Waals surface area (Å²) >= 11 is 9.83. The van der Waals surface area contributed by atoms with Gasteiger partial charge < -0.3 is 0 Å². The minimum atomic E-state index is 0.491. The van der Waals surface area contributed by atoms with Crippen molar-refractivity contribution in [3.8, 4) is 11.4 Å². The maximum atomic E-state index is 6.29. The lowest BCUT2D eigenvalue weighted by atomic mass is 10.0. The first-order chi connectivity index (χ1) is 9.66. The number of hydrogen-bond donors (Lipinski definition) is 0. The van der Waals surface area contributed by atoms with Gasteiger partial charge in [0.1, 0.15) is 5.15 Å². The summed E-state index contributed by atoms with van der Waals surface area (Å²) in [7, 11) is 0. The number of aryl methyl sites for hydroxylation is 1. The summed E-state index contributed by atoms with van der Waals surface area (Å²) in [5.74, 6) is 1.19. The van der Waals surface area contributed by atoms with Crippen LogP contribution in [0.1, 0.15) is 42.9 Å². The number of rotatable bonds is 2. The maximum absolute atomic E-state index is 6.29. The predicted octanol–water partition coefficient (Wildman–Crippen LogP) is 4.92. The van der Waals surface area contributed by atoms with Crippen molar-refractivity contribution >= 4 is 27.5 Å². The molecule has 0 unspecified atom stereocenters. The summed E-state index contributed by atoms with van der Waals surface area (Å²) in [5.41, 5.74) is 3.10. The van der Waals surface area contributed by atoms with Gasteiger partial charge in [0.15, 0.2) is 5.82 Å². The molecule has 0 aromatic carbocycles. The predicted molar refractivity (Wildman–Crippen MR) is 83.9 cm³/mol. The zero-order valence-electron chi connectivity index (χ0n) is 11.2. The van der Waals surface area contributed by atoms with Crippen LogP contribution in [0.5, 0.6) is 0 Å². The van der Waals surface area contributed by atoms with Crippen LogP contribution in [0.3, 0.4) is 0 Å². The Hall–Kier alpha value is -1.00. The van der Waals surface area contributed by atoms with Crippen molar-refractivity contribution in [1.82, 2.24) is 15.0 Å². The normalized spacial score (nSPS) is 15.8. The second-order valence-corrected chi connectivity index (χ2v) is 6.36. The summed E-state index contributed by atoms with van der Waals surface area (Å²) in [4.78, 5) is 13.3. The van der Waals surface area contributed by atoms with Gasteiger partial charge in [-0.2, -0.15) is 0 Å². The zero-order valence-corrected chi connectivity index (χ0v) is 13.6. The van der Waals surface area contributed by atoms with E-state index in [0.717, 1.165) is 21.3 Å². The van der Waals surface area contributed by atoms with E-state index in [-0.39, 0.29) is 0 Å². The van der Waals surface area contributed by atoms with Gasteiger partial charge in [0.25, 0.3) is 0 Å². The Bertz CT molecular complexity index is 639. The highest BCUT2D eigenvalue weighted by molar-refractivity contribution is 9.10. The fraction of sp³-hybridized carbons (Fsp3) is 0.400. The van der Waals surface area contributed by atoms with Gasteiger partial charge in [0, 0.05) is 23.9 Å². The van der Waals surface area contributed by atoms with Crippen molar-refractivity contribution in [1.29, 1.82) is 0 Å². The number of nitrogens with zero attached hydrogens (tertiary/aromatic N) is 3. The molecule has 1 saturated carbocycles. The van der Waals surface area contributed by atoms with Gasteiger partial charge in [-0.1, -0.05) is 24.4 Å². The Morgan fingerprint density at radius 3 is 2.70 bits per heavy atom. The van der Waals surface area contributed by atoms with E-state index < -0.39 is 0 Å². The van der Waals surface area contributed by atoms with E-state index in [1.807, 2.05) is 19.2 Å². The van der Waals surface area contributed by atoms with E-state index in [0.29, 0.717) is 16.9 Å². The van der Waals surface area contributed by atoms with Crippen LogP contribution < -0.4 is 0 Å². The van der Waals surface area contributed by atoms with Crippen molar-refractivity contribution in [3.05, 3.63) is 39.3 Å². The highest BCUT2D eigenvalue weighted by atomic mass is 79.9. The van der Waals surface area contributed by atoms with Gasteiger partial charge in [-0.15, -0.1) is 0 Å². The SMILES string of the molecule is Cc1cnccc1-c1nc(Cl)c(Br)c(C2CCCC2)n1. The molecule has 0 atom stereocenters. The van der Waals surface area contributed by atoms with Crippen LogP contribution in [0.15, 0.2) is 22.9 Å². The average molecular weight is 353 g/mol. The smallest absolute Gasteiger partial charge is 0.161 e. The van der Waals surface area contributed by atoms with E-state index in [1.165, 1.54) is 25.7 Å². The molecule has 2 heterocycles. The van der Waals surface area contributed by atoms with Crippen LogP contribution in [0, 0.1) is 6.92 Å². The molecule has 104 valence electrons. The van der Waals surface area contributed by atoms with E-state index in [2.05, 4.69) is 25.9 Å². The molecule has 2 aromatic heterocycles. The van der Waals surface area contributed by atoms with Gasteiger partial charge in [0.2, 0.25) is 0 Å². The van der Waals surface area contributed by atoms with E-state index in [4.69, 9.17) is 16.6 Å². The molecule has 0 spiro atoms. The lowest BCUT2D eigenvalue weighted by molar-refractivity contribution is 0.690. The fourth-order valence-corrected chi connectivity index (χ4v) is 3.43. The second kappa shape index (κ2) is 5.78. The van der Waals surface area contributed by atoms with Gasteiger partial charge in [-0.05, 0) is 47.3 Å². The van der Waals surface area contributed by atoms with Crippen molar-refractivity contribution in [2.75, 3.05) is 0 Å². The summed E-state index contributed by atoms with van der Waals surface area (Å²) in [6.45, 7) is 2.01. The third-order valence-corrected chi connectivity index (χ3v) is 5.12. The topological polar surface area (TPSA) is 38.7 Å². The largest absolute Gasteiger partial charge is 0.264 e. The van der Waals surface area contributed by atoms with E-state index in [1.54, 1.807) is 6.20 Å². The van der Waals surface area contributed by atoms with Gasteiger partial charge in [-0.3, -0.25) is 4.98 Å². The summed E-state index contributed by atoms with van der Waals surface area (Å²) in [6, 6.07) is 1.94. The molecule has 1 aliphatic carbocycles. The second-order valence-electron chi connectivity index (χ2n) is 5.21. The van der Waals surface area contributed by atoms with Crippen LogP contribution in [-0.2, 0) is 0 Å². The molecule has 2 aromatic rings. The van der Waals surface area contributed by atoms with Gasteiger partial charge >= 0.3 is 0 Å². The molecule has 0 aliphatic heterocycles. The first-order valence-electron chi connectivity index (χ1n) is 6.80. The Labute approximate surface area is 132 Å². The number of aromatic nitrogens is 3. The standard InChI is InChI=1S/C15H15BrClN3/c1-9-8-18-7-6-11(9)15-19-13(10-4-2-3-5-10)12(16)14(17)20-15/h6-8,10H,2-5H2,1H3. The van der Waals surface area contributed by atoms with E-state index in [9.17, 15) is 0 Å². The van der Waals surface area contributed by atoms with E-state index >= 15 is 0 Å². The highest BCUT2D eigenvalue weighted by Gasteiger charge is 2.24. The van der Waals surface area contributed by atoms with Crippen LogP contribution in [-0.4, -0.2) is 15.0 Å².